The van der Waals surface area contributed by atoms with E-state index in [1.165, 1.54) is 28.7 Å². The van der Waals surface area contributed by atoms with Crippen molar-refractivity contribution in [3.05, 3.63) is 95.4 Å². The molecular formula is C29H27N3O3S3. The minimum atomic E-state index is -0.454. The molecule has 0 atom stereocenters. The Kier molecular flexibility index (Phi) is 9.53. The van der Waals surface area contributed by atoms with Crippen molar-refractivity contribution in [3.8, 4) is 11.1 Å². The summed E-state index contributed by atoms with van der Waals surface area (Å²) in [5, 5.41) is 12.1. The molecule has 0 fully saturated rings. The maximum Gasteiger partial charge on any atom is 0.341 e. The zero-order valence-electron chi connectivity index (χ0n) is 20.9. The monoisotopic (exact) mass is 561 g/mol. The largest absolute Gasteiger partial charge is 0.462 e. The van der Waals surface area contributed by atoms with E-state index in [9.17, 15) is 9.59 Å². The molecular weight excluding hydrogens is 535 g/mol. The highest BCUT2D eigenvalue weighted by Crippen LogP contribution is 2.36. The number of carbonyl (C=O) groups is 2. The Labute approximate surface area is 235 Å². The van der Waals surface area contributed by atoms with Gasteiger partial charge in [-0.25, -0.2) is 4.79 Å². The predicted octanol–water partition coefficient (Wildman–Crippen LogP) is 7.44. The van der Waals surface area contributed by atoms with Crippen LogP contribution in [0.5, 0.6) is 0 Å². The second-order valence-corrected chi connectivity index (χ2v) is 10.6. The van der Waals surface area contributed by atoms with Crippen molar-refractivity contribution in [2.75, 3.05) is 28.3 Å². The van der Waals surface area contributed by atoms with Crippen LogP contribution in [0.25, 0.3) is 11.1 Å². The van der Waals surface area contributed by atoms with Crippen molar-refractivity contribution in [2.24, 2.45) is 0 Å². The SMILES string of the molecule is CCOC(=O)c1c(-c2ccccc2)csc1NC(=O)CSc1cccc(NC(=S)Nc2ccc(C)cc2)c1. The highest BCUT2D eigenvalue weighted by atomic mass is 32.2. The Morgan fingerprint density at radius 2 is 1.66 bits per heavy atom. The summed E-state index contributed by atoms with van der Waals surface area (Å²) in [7, 11) is 0. The molecule has 0 saturated heterocycles. The van der Waals surface area contributed by atoms with Crippen LogP contribution in [0.4, 0.5) is 16.4 Å². The number of thioether (sulfide) groups is 1. The summed E-state index contributed by atoms with van der Waals surface area (Å²) in [6.45, 7) is 4.04. The number of anilines is 3. The summed E-state index contributed by atoms with van der Waals surface area (Å²) in [5.74, 6) is -0.488. The van der Waals surface area contributed by atoms with E-state index >= 15 is 0 Å². The number of aryl methyl sites for hydroxylation is 1. The van der Waals surface area contributed by atoms with Gasteiger partial charge in [0.2, 0.25) is 5.91 Å². The van der Waals surface area contributed by atoms with Gasteiger partial charge in [-0.3, -0.25) is 4.79 Å². The van der Waals surface area contributed by atoms with E-state index < -0.39 is 5.97 Å². The molecule has 0 radical (unpaired) electrons. The highest BCUT2D eigenvalue weighted by Gasteiger charge is 2.22. The summed E-state index contributed by atoms with van der Waals surface area (Å²) >= 11 is 8.14. The number of hydrogen-bond acceptors (Lipinski definition) is 6. The third-order valence-corrected chi connectivity index (χ3v) is 7.47. The maximum absolute atomic E-state index is 12.8. The Morgan fingerprint density at radius 1 is 0.921 bits per heavy atom. The van der Waals surface area contributed by atoms with Gasteiger partial charge < -0.3 is 20.7 Å². The van der Waals surface area contributed by atoms with Gasteiger partial charge in [0.15, 0.2) is 5.11 Å². The van der Waals surface area contributed by atoms with Gasteiger partial charge in [0.25, 0.3) is 0 Å². The van der Waals surface area contributed by atoms with Crippen LogP contribution < -0.4 is 16.0 Å². The molecule has 1 aromatic heterocycles. The number of rotatable bonds is 9. The molecule has 0 spiro atoms. The van der Waals surface area contributed by atoms with Crippen LogP contribution >= 0.6 is 35.3 Å². The van der Waals surface area contributed by atoms with E-state index in [1.54, 1.807) is 6.92 Å². The van der Waals surface area contributed by atoms with Crippen LogP contribution in [0.1, 0.15) is 22.8 Å². The number of carbonyl (C=O) groups excluding carboxylic acids is 2. The molecule has 0 saturated carbocycles. The molecule has 3 aromatic carbocycles. The van der Waals surface area contributed by atoms with Crippen molar-refractivity contribution < 1.29 is 14.3 Å². The van der Waals surface area contributed by atoms with Crippen LogP contribution in [0, 0.1) is 6.92 Å². The number of thiophene rings is 1. The molecule has 194 valence electrons. The van der Waals surface area contributed by atoms with Gasteiger partial charge in [-0.1, -0.05) is 54.1 Å². The first-order valence-electron chi connectivity index (χ1n) is 11.9. The second-order valence-electron chi connectivity index (χ2n) is 8.25. The lowest BCUT2D eigenvalue weighted by atomic mass is 10.0. The number of thiocarbonyl (C=S) groups is 1. The van der Waals surface area contributed by atoms with E-state index in [4.69, 9.17) is 17.0 Å². The molecule has 0 unspecified atom stereocenters. The lowest BCUT2D eigenvalue weighted by molar-refractivity contribution is -0.113. The van der Waals surface area contributed by atoms with E-state index in [-0.39, 0.29) is 18.3 Å². The van der Waals surface area contributed by atoms with Crippen LogP contribution in [0.2, 0.25) is 0 Å². The fraction of sp³-hybridized carbons (Fsp3) is 0.138. The maximum atomic E-state index is 12.8. The van der Waals surface area contributed by atoms with E-state index in [0.29, 0.717) is 15.7 Å². The van der Waals surface area contributed by atoms with Crippen molar-refractivity contribution in [3.63, 3.8) is 0 Å². The Morgan fingerprint density at radius 3 is 2.39 bits per heavy atom. The smallest absolute Gasteiger partial charge is 0.341 e. The van der Waals surface area contributed by atoms with Crippen LogP contribution in [-0.2, 0) is 9.53 Å². The number of amides is 1. The summed E-state index contributed by atoms with van der Waals surface area (Å²) in [5.41, 5.74) is 4.90. The molecule has 1 heterocycles. The van der Waals surface area contributed by atoms with Crippen molar-refractivity contribution >= 4 is 68.7 Å². The first kappa shape index (κ1) is 27.4. The van der Waals surface area contributed by atoms with Crippen LogP contribution in [-0.4, -0.2) is 29.3 Å². The van der Waals surface area contributed by atoms with E-state index in [0.717, 1.165) is 27.4 Å². The summed E-state index contributed by atoms with van der Waals surface area (Å²) < 4.78 is 5.28. The van der Waals surface area contributed by atoms with Crippen molar-refractivity contribution in [1.29, 1.82) is 0 Å². The zero-order chi connectivity index (χ0) is 26.9. The molecule has 0 aliphatic rings. The van der Waals surface area contributed by atoms with Crippen molar-refractivity contribution in [2.45, 2.75) is 18.7 Å². The van der Waals surface area contributed by atoms with Gasteiger partial charge in [-0.05, 0) is 62.0 Å². The molecule has 0 aliphatic heterocycles. The minimum Gasteiger partial charge on any atom is -0.462 e. The van der Waals surface area contributed by atoms with E-state index in [2.05, 4.69) is 16.0 Å². The number of hydrogen-bond donors (Lipinski definition) is 3. The number of ether oxygens (including phenoxy) is 1. The van der Waals surface area contributed by atoms with Crippen LogP contribution in [0.15, 0.2) is 89.1 Å². The average Bonchev–Trinajstić information content (AvgIpc) is 3.33. The third kappa shape index (κ3) is 7.44. The van der Waals surface area contributed by atoms with Gasteiger partial charge in [0.1, 0.15) is 10.6 Å². The second kappa shape index (κ2) is 13.2. The molecule has 3 N–H and O–H groups in total. The zero-order valence-corrected chi connectivity index (χ0v) is 23.4. The molecule has 0 aliphatic carbocycles. The predicted molar refractivity (Wildman–Crippen MR) is 163 cm³/mol. The molecule has 4 rings (SSSR count). The molecule has 9 heteroatoms. The number of nitrogens with one attached hydrogen (secondary N) is 3. The lowest BCUT2D eigenvalue weighted by Gasteiger charge is -2.12. The highest BCUT2D eigenvalue weighted by molar-refractivity contribution is 8.00. The number of benzene rings is 3. The van der Waals surface area contributed by atoms with Gasteiger partial charge in [-0.2, -0.15) is 0 Å². The quantitative estimate of drug-likeness (QED) is 0.111. The molecule has 4 aromatic rings. The summed E-state index contributed by atoms with van der Waals surface area (Å²) in [6.07, 6.45) is 0. The van der Waals surface area contributed by atoms with Crippen LogP contribution in [0.3, 0.4) is 0 Å². The fourth-order valence-electron chi connectivity index (χ4n) is 3.59. The van der Waals surface area contributed by atoms with Gasteiger partial charge in [-0.15, -0.1) is 23.1 Å². The molecule has 38 heavy (non-hydrogen) atoms. The summed E-state index contributed by atoms with van der Waals surface area (Å²) in [6, 6.07) is 25.2. The standard InChI is InChI=1S/C29H27N3O3S3/c1-3-35-28(34)26-24(20-8-5-4-6-9-20)17-38-27(26)32-25(33)18-37-23-11-7-10-22(16-23)31-29(36)30-21-14-12-19(2)13-15-21/h4-17H,3,18H2,1-2H3,(H,32,33)(H2,30,31,36). The Balaban J connectivity index is 1.38. The fourth-order valence-corrected chi connectivity index (χ4v) is 5.56. The number of esters is 1. The molecule has 1 amide bonds. The first-order chi connectivity index (χ1) is 18.4. The van der Waals surface area contributed by atoms with E-state index in [1.807, 2.05) is 91.2 Å². The Bertz CT molecular complexity index is 1420. The summed E-state index contributed by atoms with van der Waals surface area (Å²) in [4.78, 5) is 26.5. The third-order valence-electron chi connectivity index (χ3n) is 5.38. The van der Waals surface area contributed by atoms with Crippen molar-refractivity contribution in [1.82, 2.24) is 0 Å². The Hall–Kier alpha value is -3.66. The van der Waals surface area contributed by atoms with Gasteiger partial charge in [0, 0.05) is 27.2 Å². The lowest BCUT2D eigenvalue weighted by Crippen LogP contribution is -2.19. The molecule has 0 bridgehead atoms. The normalized spacial score (nSPS) is 10.5. The minimum absolute atomic E-state index is 0.177. The first-order valence-corrected chi connectivity index (χ1v) is 14.2. The van der Waals surface area contributed by atoms with Gasteiger partial charge in [0.05, 0.1) is 12.4 Å². The van der Waals surface area contributed by atoms with Gasteiger partial charge >= 0.3 is 5.97 Å². The molecule has 6 nitrogen and oxygen atoms in total. The average molecular weight is 562 g/mol. The topological polar surface area (TPSA) is 79.5 Å².